The van der Waals surface area contributed by atoms with Gasteiger partial charge in [-0.25, -0.2) is 0 Å². The van der Waals surface area contributed by atoms with Gasteiger partial charge in [-0.2, -0.15) is 0 Å². The molecule has 17 heteroatoms. The number of ketones is 4. The van der Waals surface area contributed by atoms with Crippen molar-refractivity contribution < 1.29 is 53.1 Å². The maximum atomic E-state index is 14.0. The molecule has 7 N–H and O–H groups in total. The lowest BCUT2D eigenvalue weighted by Crippen LogP contribution is -2.44. The summed E-state index contributed by atoms with van der Waals surface area (Å²) in [4.78, 5) is 131. The summed E-state index contributed by atoms with van der Waals surface area (Å²) in [5, 5.41) is 27.0. The van der Waals surface area contributed by atoms with Gasteiger partial charge in [0.15, 0.2) is 17.3 Å². The van der Waals surface area contributed by atoms with Crippen LogP contribution in [0, 0.1) is 12.3 Å². The Hall–Kier alpha value is -4.98. The number of nitrogens with one attached hydrogen (secondary N) is 6. The Morgan fingerprint density at radius 1 is 0.276 bits per heavy atom. The van der Waals surface area contributed by atoms with Crippen LogP contribution < -0.4 is 31.9 Å². The topological polar surface area (TPSA) is 263 Å². The van der Waals surface area contributed by atoms with Crippen molar-refractivity contribution in [3.05, 3.63) is 0 Å². The second-order valence-electron chi connectivity index (χ2n) is 30.7. The normalized spacial score (nSPS) is 12.1. The summed E-state index contributed by atoms with van der Waals surface area (Å²) in [5.41, 5.74) is 0. The van der Waals surface area contributed by atoms with E-state index in [2.05, 4.69) is 58.6 Å². The molecule has 105 heavy (non-hydrogen) atoms. The fourth-order valence-electron chi connectivity index (χ4n) is 13.8. The molecule has 3 atom stereocenters. The van der Waals surface area contributed by atoms with Gasteiger partial charge in [-0.3, -0.25) is 47.9 Å². The summed E-state index contributed by atoms with van der Waals surface area (Å²) in [6.07, 6.45) is 66.7. The third-order valence-electron chi connectivity index (χ3n) is 20.7. The number of rotatable bonds is 83. The van der Waals surface area contributed by atoms with Gasteiger partial charge in [0.1, 0.15) is 5.78 Å². The van der Waals surface area contributed by atoms with Crippen molar-refractivity contribution in [2.75, 3.05) is 26.2 Å². The summed E-state index contributed by atoms with van der Waals surface area (Å²) < 4.78 is 0. The second kappa shape index (κ2) is 77.2. The average Bonchev–Trinajstić information content (AvgIpc) is 1.05. The summed E-state index contributed by atoms with van der Waals surface area (Å²) >= 11 is 0. The molecule has 0 aromatic heterocycles. The Morgan fingerprint density at radius 2 is 0.533 bits per heavy atom. The van der Waals surface area contributed by atoms with Crippen molar-refractivity contribution in [1.82, 2.24) is 31.9 Å². The van der Waals surface area contributed by atoms with E-state index in [0.717, 1.165) is 57.8 Å². The van der Waals surface area contributed by atoms with Gasteiger partial charge in [-0.05, 0) is 90.0 Å². The second-order valence-corrected chi connectivity index (χ2v) is 30.7. The highest BCUT2D eigenvalue weighted by molar-refractivity contribution is 5.95. The maximum absolute atomic E-state index is 14.0. The van der Waals surface area contributed by atoms with Crippen molar-refractivity contribution in [2.45, 2.75) is 463 Å². The van der Waals surface area contributed by atoms with Crippen LogP contribution in [0.2, 0.25) is 0 Å². The molecule has 0 aliphatic heterocycles. The van der Waals surface area contributed by atoms with E-state index in [-0.39, 0.29) is 87.2 Å². The van der Waals surface area contributed by atoms with E-state index in [1.165, 1.54) is 231 Å². The van der Waals surface area contributed by atoms with E-state index in [9.17, 15) is 53.1 Å². The van der Waals surface area contributed by atoms with Gasteiger partial charge in [-0.15, -0.1) is 12.3 Å². The first-order valence-electron chi connectivity index (χ1n) is 44.0. The molecule has 0 radical (unpaired) electrons. The minimum absolute atomic E-state index is 0.00409. The van der Waals surface area contributed by atoms with E-state index in [0.29, 0.717) is 96.7 Å². The molecule has 608 valence electrons. The highest BCUT2D eigenvalue weighted by Gasteiger charge is 2.26. The van der Waals surface area contributed by atoms with Gasteiger partial charge in [0, 0.05) is 77.3 Å². The lowest BCUT2D eigenvalue weighted by molar-refractivity contribution is -0.139. The Labute approximate surface area is 641 Å². The predicted molar refractivity (Wildman–Crippen MR) is 433 cm³/mol. The summed E-state index contributed by atoms with van der Waals surface area (Å²) in [6, 6.07) is -2.87. The van der Waals surface area contributed by atoms with Crippen LogP contribution >= 0.6 is 0 Å². The molecule has 0 saturated heterocycles. The van der Waals surface area contributed by atoms with Crippen LogP contribution in [0.4, 0.5) is 0 Å². The van der Waals surface area contributed by atoms with Gasteiger partial charge < -0.3 is 37.0 Å². The number of aliphatic carboxylic acids is 1. The van der Waals surface area contributed by atoms with E-state index in [1.807, 2.05) is 0 Å². The number of amides is 5. The number of Topliss-reactive ketones (excluding diaryl/α,β-unsaturated/α-hetero) is 4. The van der Waals surface area contributed by atoms with Gasteiger partial charge in [0.05, 0.1) is 31.1 Å². The van der Waals surface area contributed by atoms with E-state index in [4.69, 9.17) is 6.42 Å². The highest BCUT2D eigenvalue weighted by atomic mass is 16.4. The van der Waals surface area contributed by atoms with Crippen LogP contribution in [0.5, 0.6) is 0 Å². The van der Waals surface area contributed by atoms with Gasteiger partial charge in [0.2, 0.25) is 29.5 Å². The largest absolute Gasteiger partial charge is 0.481 e. The van der Waals surface area contributed by atoms with E-state index >= 15 is 0 Å². The Morgan fingerprint density at radius 3 is 0.829 bits per heavy atom. The molecule has 0 aliphatic carbocycles. The first kappa shape index (κ1) is 100. The molecule has 0 aliphatic rings. The molecule has 0 unspecified atom stereocenters. The molecule has 5 amide bonds. The molecule has 0 aromatic rings. The third kappa shape index (κ3) is 70.5. The zero-order valence-electron chi connectivity index (χ0n) is 67.8. The lowest BCUT2D eigenvalue weighted by atomic mass is 9.99. The van der Waals surface area contributed by atoms with Crippen molar-refractivity contribution in [3.63, 3.8) is 0 Å². The number of unbranched alkanes of at least 4 members (excludes halogenated alkanes) is 46. The molecule has 17 nitrogen and oxygen atoms in total. The standard InChI is InChI=1S/C88H160N6O11/c1-5-9-13-16-19-22-25-28-31-34-37-40-43-46-50-59-76(95)75-89-72-56-53-60-79(82(98)68-71-88(104)105)94-87(103)70-67-81(97)78(62-55-58-74-91-84(100)64-52-48-45-42-39-36-33-30-27-24-21-18-15-11-7-3)93-86(102)69-66-80(96)77(92-85(101)65-49-12-8-4)61-54-57-73-90-83(99)63-51-47-44-41-38-35-32-29-26-23-20-17-14-10-6-2/h4,77-79,89H,5-7,9-75H2,1-3H3,(H,90,99)(H,91,100)(H,92,101)(H,93,102)(H,94,103)(H,104,105)/t77-,78-,79-/m0/s1. The minimum atomic E-state index is -1.14. The van der Waals surface area contributed by atoms with Gasteiger partial charge in [-0.1, -0.05) is 290 Å². The Bertz CT molecular complexity index is 2220. The molecular formula is C88H160N6O11. The molecule has 0 saturated carbocycles. The van der Waals surface area contributed by atoms with Crippen molar-refractivity contribution >= 4 is 58.6 Å². The Kier molecular flexibility index (Phi) is 73.5. The minimum Gasteiger partial charge on any atom is -0.481 e. The number of hydrogen-bond donors (Lipinski definition) is 7. The van der Waals surface area contributed by atoms with Crippen molar-refractivity contribution in [2.24, 2.45) is 0 Å². The molecule has 0 bridgehead atoms. The number of carboxylic acids is 1. The van der Waals surface area contributed by atoms with Crippen LogP contribution in [0.15, 0.2) is 0 Å². The molecular weight excluding hydrogens is 1320 g/mol. The van der Waals surface area contributed by atoms with Crippen LogP contribution in [0.25, 0.3) is 0 Å². The molecule has 0 rings (SSSR count). The highest BCUT2D eigenvalue weighted by Crippen LogP contribution is 2.19. The fraction of sp³-hybridized carbons (Fsp3) is 0.864. The predicted octanol–water partition coefficient (Wildman–Crippen LogP) is 20.1. The van der Waals surface area contributed by atoms with E-state index < -0.39 is 53.9 Å². The Balaban J connectivity index is 5.47. The van der Waals surface area contributed by atoms with Gasteiger partial charge in [0.25, 0.3) is 0 Å². The number of terminal acetylenes is 1. The molecule has 0 spiro atoms. The van der Waals surface area contributed by atoms with Crippen LogP contribution in [-0.2, 0) is 47.9 Å². The molecule has 0 aromatic carbocycles. The SMILES string of the molecule is C#CCCCC(=O)N[C@@H](CCCCNC(=O)CCCCCCCCCCCCCCCCC)C(=O)CCC(=O)N[C@@H](CCCCNC(=O)CCCCCCCCCCCCCCCCC)C(=O)CCC(=O)N[C@@H](CCCCNCC(=O)CCCCCCCCCCCCCCCCC)C(=O)CCC(=O)O. The first-order chi connectivity index (χ1) is 51.2. The van der Waals surface area contributed by atoms with Crippen molar-refractivity contribution in [1.29, 1.82) is 0 Å². The van der Waals surface area contributed by atoms with Crippen LogP contribution in [-0.4, -0.2) is 108 Å². The summed E-state index contributed by atoms with van der Waals surface area (Å²) in [5.74, 6) is -1.11. The molecule has 0 fully saturated rings. The van der Waals surface area contributed by atoms with Crippen LogP contribution in [0.3, 0.4) is 0 Å². The number of carboxylic acid groups (broad SMARTS) is 1. The fourth-order valence-corrected chi connectivity index (χ4v) is 13.8. The molecule has 0 heterocycles. The third-order valence-corrected chi connectivity index (χ3v) is 20.7. The monoisotopic (exact) mass is 1480 g/mol. The number of carbonyl (C=O) groups is 10. The quantitative estimate of drug-likeness (QED) is 0.0221. The number of hydrogen-bond acceptors (Lipinski definition) is 11. The summed E-state index contributed by atoms with van der Waals surface area (Å²) in [6.45, 7) is 8.38. The van der Waals surface area contributed by atoms with Crippen LogP contribution in [0.1, 0.15) is 445 Å². The van der Waals surface area contributed by atoms with Crippen molar-refractivity contribution in [3.8, 4) is 12.3 Å². The average molecular weight is 1480 g/mol. The first-order valence-corrected chi connectivity index (χ1v) is 44.0. The maximum Gasteiger partial charge on any atom is 0.303 e. The zero-order chi connectivity index (χ0) is 77.0. The summed E-state index contributed by atoms with van der Waals surface area (Å²) in [7, 11) is 0. The van der Waals surface area contributed by atoms with Gasteiger partial charge >= 0.3 is 5.97 Å². The van der Waals surface area contributed by atoms with E-state index in [1.54, 1.807) is 0 Å². The zero-order valence-corrected chi connectivity index (χ0v) is 67.8. The smallest absolute Gasteiger partial charge is 0.303 e. The lowest BCUT2D eigenvalue weighted by Gasteiger charge is -2.20. The number of carbonyl (C=O) groups excluding carboxylic acids is 9.